The van der Waals surface area contributed by atoms with E-state index in [2.05, 4.69) is 72.8 Å². The Kier molecular flexibility index (Phi) is 9.33. The third-order valence-corrected chi connectivity index (χ3v) is 7.52. The first-order valence-corrected chi connectivity index (χ1v) is 13.1. The van der Waals surface area contributed by atoms with Crippen LogP contribution in [0.15, 0.2) is 72.8 Å². The van der Waals surface area contributed by atoms with Crippen LogP contribution in [0.4, 0.5) is 4.39 Å². The van der Waals surface area contributed by atoms with Crippen LogP contribution in [0.2, 0.25) is 0 Å². The van der Waals surface area contributed by atoms with Gasteiger partial charge in [-0.25, -0.2) is 0 Å². The normalized spacial score (nSPS) is 18.2. The van der Waals surface area contributed by atoms with Crippen LogP contribution < -0.4 is 0 Å². The van der Waals surface area contributed by atoms with E-state index >= 15 is 0 Å². The average molecular weight is 459 g/mol. The van der Waals surface area contributed by atoms with Crippen molar-refractivity contribution in [3.63, 3.8) is 0 Å². The zero-order valence-electron chi connectivity index (χ0n) is 20.6. The molecule has 1 saturated carbocycles. The second-order valence-electron chi connectivity index (χ2n) is 10.00. The Balaban J connectivity index is 1.28. The molecule has 0 aliphatic heterocycles. The second-order valence-corrected chi connectivity index (χ2v) is 10.00. The van der Waals surface area contributed by atoms with Gasteiger partial charge in [-0.15, -0.1) is 0 Å². The number of alkyl halides is 1. The van der Waals surface area contributed by atoms with Crippen molar-refractivity contribution in [2.24, 2.45) is 11.8 Å². The summed E-state index contributed by atoms with van der Waals surface area (Å²) in [4.78, 5) is 0. The van der Waals surface area contributed by atoms with Crippen molar-refractivity contribution in [3.8, 4) is 22.3 Å². The van der Waals surface area contributed by atoms with Gasteiger partial charge in [0.05, 0.1) is 6.67 Å². The maximum absolute atomic E-state index is 12.3. The number of hydrogen-bond acceptors (Lipinski definition) is 1. The predicted octanol–water partition coefficient (Wildman–Crippen LogP) is 8.70. The number of ether oxygens (including phenoxy) is 1. The van der Waals surface area contributed by atoms with Crippen LogP contribution in [0.1, 0.15) is 56.1 Å². The lowest BCUT2D eigenvalue weighted by molar-refractivity contribution is 0.117. The molecule has 0 spiro atoms. The van der Waals surface area contributed by atoms with Gasteiger partial charge in [-0.05, 0) is 90.2 Å². The molecule has 0 bridgehead atoms. The van der Waals surface area contributed by atoms with Crippen LogP contribution in [0.5, 0.6) is 0 Å². The molecule has 0 aromatic heterocycles. The van der Waals surface area contributed by atoms with E-state index in [0.29, 0.717) is 6.42 Å². The van der Waals surface area contributed by atoms with Gasteiger partial charge in [0, 0.05) is 13.7 Å². The highest BCUT2D eigenvalue weighted by Gasteiger charge is 2.20. The lowest BCUT2D eigenvalue weighted by Gasteiger charge is -2.28. The number of benzene rings is 3. The van der Waals surface area contributed by atoms with Crippen LogP contribution in [0, 0.1) is 11.8 Å². The Bertz CT molecular complexity index is 967. The lowest BCUT2D eigenvalue weighted by atomic mass is 9.80. The van der Waals surface area contributed by atoms with E-state index in [0.717, 1.165) is 31.3 Å². The zero-order chi connectivity index (χ0) is 23.6. The van der Waals surface area contributed by atoms with Crippen molar-refractivity contribution >= 4 is 0 Å². The van der Waals surface area contributed by atoms with Gasteiger partial charge >= 0.3 is 0 Å². The topological polar surface area (TPSA) is 9.23 Å². The molecule has 1 fully saturated rings. The lowest BCUT2D eigenvalue weighted by Crippen LogP contribution is -2.18. The van der Waals surface area contributed by atoms with E-state index in [1.54, 1.807) is 0 Å². The smallest absolute Gasteiger partial charge is 0.0894 e. The van der Waals surface area contributed by atoms with Gasteiger partial charge in [0.1, 0.15) is 0 Å². The van der Waals surface area contributed by atoms with Crippen molar-refractivity contribution < 1.29 is 9.13 Å². The first-order chi connectivity index (χ1) is 16.7. The predicted molar refractivity (Wildman–Crippen MR) is 142 cm³/mol. The maximum Gasteiger partial charge on any atom is 0.0894 e. The van der Waals surface area contributed by atoms with E-state index in [1.165, 1.54) is 71.9 Å². The van der Waals surface area contributed by atoms with Crippen molar-refractivity contribution in [1.29, 1.82) is 0 Å². The fourth-order valence-corrected chi connectivity index (χ4v) is 5.30. The molecule has 0 unspecified atom stereocenters. The summed E-state index contributed by atoms with van der Waals surface area (Å²) in [5.74, 6) is 1.66. The molecule has 1 nitrogen and oxygen atoms in total. The molecule has 0 radical (unpaired) electrons. The van der Waals surface area contributed by atoms with Crippen molar-refractivity contribution in [3.05, 3.63) is 83.9 Å². The van der Waals surface area contributed by atoms with Crippen LogP contribution in [-0.2, 0) is 17.6 Å². The van der Waals surface area contributed by atoms with Crippen LogP contribution in [0.25, 0.3) is 22.3 Å². The Hall–Kier alpha value is -2.45. The number of rotatable bonds is 11. The summed E-state index contributed by atoms with van der Waals surface area (Å²) >= 11 is 0. The van der Waals surface area contributed by atoms with E-state index < -0.39 is 0 Å². The molecule has 3 aromatic rings. The highest BCUT2D eigenvalue weighted by atomic mass is 19.1. The zero-order valence-corrected chi connectivity index (χ0v) is 20.6. The standard InChI is InChI=1S/C32H39FO/c1-34-24-28-9-7-26(8-10-28)5-6-27-13-17-30(18-14-27)32-21-19-31(20-22-32)29-15-11-25(12-16-29)4-2-3-23-33/h11-22,26,28H,2-10,23-24H2,1H3. The number of hydrogen-bond donors (Lipinski definition) is 0. The van der Waals surface area contributed by atoms with Gasteiger partial charge in [-0.1, -0.05) is 85.6 Å². The van der Waals surface area contributed by atoms with Gasteiger partial charge in [0.2, 0.25) is 0 Å². The number of aryl methyl sites for hydroxylation is 2. The Morgan fingerprint density at radius 1 is 0.618 bits per heavy atom. The summed E-state index contributed by atoms with van der Waals surface area (Å²) in [6.07, 6.45) is 10.4. The molecular weight excluding hydrogens is 419 g/mol. The highest BCUT2D eigenvalue weighted by molar-refractivity contribution is 5.70. The second kappa shape index (κ2) is 12.9. The number of unbranched alkanes of at least 4 members (excludes halogenated alkanes) is 1. The largest absolute Gasteiger partial charge is 0.384 e. The van der Waals surface area contributed by atoms with E-state index in [1.807, 2.05) is 7.11 Å². The molecule has 4 rings (SSSR count). The SMILES string of the molecule is COCC1CCC(CCc2ccc(-c3ccc(-c4ccc(CCCCF)cc4)cc3)cc2)CC1. The summed E-state index contributed by atoms with van der Waals surface area (Å²) in [5.41, 5.74) is 7.73. The minimum absolute atomic E-state index is 0.219. The molecule has 0 amide bonds. The molecular formula is C32H39FO. The summed E-state index contributed by atoms with van der Waals surface area (Å²) in [6.45, 7) is 0.716. The third kappa shape index (κ3) is 7.03. The number of methoxy groups -OCH3 is 1. The van der Waals surface area contributed by atoms with Crippen molar-refractivity contribution in [2.45, 2.75) is 57.8 Å². The molecule has 180 valence electrons. The fraction of sp³-hybridized carbons (Fsp3) is 0.438. The van der Waals surface area contributed by atoms with Crippen molar-refractivity contribution in [1.82, 2.24) is 0 Å². The summed E-state index contributed by atoms with van der Waals surface area (Å²) in [7, 11) is 1.82. The van der Waals surface area contributed by atoms with Crippen LogP contribution in [-0.4, -0.2) is 20.4 Å². The molecule has 34 heavy (non-hydrogen) atoms. The Morgan fingerprint density at radius 3 is 1.53 bits per heavy atom. The molecule has 0 heterocycles. The maximum atomic E-state index is 12.3. The van der Waals surface area contributed by atoms with E-state index in [-0.39, 0.29) is 6.67 Å². The van der Waals surface area contributed by atoms with Crippen LogP contribution >= 0.6 is 0 Å². The number of halogens is 1. The molecule has 0 atom stereocenters. The van der Waals surface area contributed by atoms with Gasteiger partial charge in [0.25, 0.3) is 0 Å². The molecule has 1 aliphatic rings. The third-order valence-electron chi connectivity index (χ3n) is 7.52. The van der Waals surface area contributed by atoms with E-state index in [9.17, 15) is 4.39 Å². The molecule has 2 heteroatoms. The van der Waals surface area contributed by atoms with Gasteiger partial charge in [-0.2, -0.15) is 0 Å². The van der Waals surface area contributed by atoms with Gasteiger partial charge in [0.15, 0.2) is 0 Å². The van der Waals surface area contributed by atoms with Gasteiger partial charge in [-0.3, -0.25) is 4.39 Å². The highest BCUT2D eigenvalue weighted by Crippen LogP contribution is 2.32. The Labute approximate surface area is 205 Å². The first-order valence-electron chi connectivity index (χ1n) is 13.1. The monoisotopic (exact) mass is 458 g/mol. The summed E-state index contributed by atoms with van der Waals surface area (Å²) < 4.78 is 17.6. The summed E-state index contributed by atoms with van der Waals surface area (Å²) in [5, 5.41) is 0. The van der Waals surface area contributed by atoms with Crippen LogP contribution in [0.3, 0.4) is 0 Å². The fourth-order valence-electron chi connectivity index (χ4n) is 5.30. The van der Waals surface area contributed by atoms with Gasteiger partial charge < -0.3 is 4.74 Å². The molecule has 3 aromatic carbocycles. The summed E-state index contributed by atoms with van der Waals surface area (Å²) in [6, 6.07) is 26.7. The Morgan fingerprint density at radius 2 is 1.06 bits per heavy atom. The van der Waals surface area contributed by atoms with Crippen molar-refractivity contribution in [2.75, 3.05) is 20.4 Å². The van der Waals surface area contributed by atoms with E-state index in [4.69, 9.17) is 4.74 Å². The minimum Gasteiger partial charge on any atom is -0.384 e. The molecule has 1 aliphatic carbocycles. The minimum atomic E-state index is -0.219. The first kappa shape index (κ1) is 24.7. The molecule has 0 saturated heterocycles. The quantitative estimate of drug-likeness (QED) is 0.261. The average Bonchev–Trinajstić information content (AvgIpc) is 2.89. The molecule has 0 N–H and O–H groups in total.